The number of aromatic amines is 2. The second-order valence-corrected chi connectivity index (χ2v) is 6.58. The molecule has 24 heavy (non-hydrogen) atoms. The van der Waals surface area contributed by atoms with Crippen LogP contribution in [-0.2, 0) is 0 Å². The summed E-state index contributed by atoms with van der Waals surface area (Å²) >= 11 is 24.5. The summed E-state index contributed by atoms with van der Waals surface area (Å²) in [6.45, 7) is 0. The van der Waals surface area contributed by atoms with Crippen LogP contribution >= 0.6 is 46.4 Å². The third kappa shape index (κ3) is 1.69. The zero-order chi connectivity index (χ0) is 17.5. The van der Waals surface area contributed by atoms with Crippen molar-refractivity contribution in [1.29, 1.82) is 0 Å². The van der Waals surface area contributed by atoms with Crippen LogP contribution in [0.3, 0.4) is 0 Å². The normalized spacial score (nSPS) is 12.0. The summed E-state index contributed by atoms with van der Waals surface area (Å²) in [5.41, 5.74) is -3.43. The van der Waals surface area contributed by atoms with Gasteiger partial charge in [0.2, 0.25) is 0 Å². The molecule has 0 spiro atoms. The lowest BCUT2D eigenvalue weighted by Crippen LogP contribution is -2.14. The van der Waals surface area contributed by atoms with Gasteiger partial charge in [-0.3, -0.25) is 29.1 Å². The van der Waals surface area contributed by atoms with E-state index >= 15 is 0 Å². The quantitative estimate of drug-likeness (QED) is 0.471. The Bertz CT molecular complexity index is 1210. The molecule has 0 saturated carbocycles. The second kappa shape index (κ2) is 4.83. The number of aromatic nitrogens is 2. The highest BCUT2D eigenvalue weighted by Gasteiger charge is 2.27. The van der Waals surface area contributed by atoms with Crippen LogP contribution in [0.1, 0.15) is 0 Å². The molecule has 2 N–H and O–H groups in total. The molecule has 0 fully saturated rings. The molecule has 10 heteroatoms. The van der Waals surface area contributed by atoms with Crippen LogP contribution in [0, 0.1) is 0 Å². The lowest BCUT2D eigenvalue weighted by atomic mass is 9.99. The summed E-state index contributed by atoms with van der Waals surface area (Å²) < 4.78 is 0. The summed E-state index contributed by atoms with van der Waals surface area (Å²) in [6, 6.07) is 0. The molecule has 4 heterocycles. The maximum Gasteiger partial charge on any atom is 0.260 e. The second-order valence-electron chi connectivity index (χ2n) is 5.07. The SMILES string of the molecule is O=c1[nH]c(=O)c2c(Cl)c(Cl)c1c1c3c(Cl)c(Cl)c(c(=O)[nH]c3=O)c21. The maximum absolute atomic E-state index is 12.3. The van der Waals surface area contributed by atoms with Gasteiger partial charge in [-0.15, -0.1) is 0 Å². The average Bonchev–Trinajstić information content (AvgIpc) is 2.74. The van der Waals surface area contributed by atoms with Crippen LogP contribution in [0.15, 0.2) is 19.2 Å². The first-order chi connectivity index (χ1) is 11.3. The van der Waals surface area contributed by atoms with E-state index in [0.29, 0.717) is 0 Å². The van der Waals surface area contributed by atoms with Crippen LogP contribution < -0.4 is 22.2 Å². The van der Waals surface area contributed by atoms with E-state index < -0.39 is 22.2 Å². The van der Waals surface area contributed by atoms with Crippen LogP contribution in [-0.4, -0.2) is 9.97 Å². The van der Waals surface area contributed by atoms with Gasteiger partial charge in [-0.1, -0.05) is 46.4 Å². The largest absolute Gasteiger partial charge is 0.288 e. The summed E-state index contributed by atoms with van der Waals surface area (Å²) in [6.07, 6.45) is 0. The predicted molar refractivity (Wildman–Crippen MR) is 95.2 cm³/mol. The van der Waals surface area contributed by atoms with E-state index in [1.807, 2.05) is 0 Å². The van der Waals surface area contributed by atoms with Gasteiger partial charge in [0.1, 0.15) is 0 Å². The van der Waals surface area contributed by atoms with Gasteiger partial charge < -0.3 is 0 Å². The highest BCUT2D eigenvalue weighted by atomic mass is 35.5. The van der Waals surface area contributed by atoms with Crippen molar-refractivity contribution in [3.8, 4) is 0 Å². The molecular formula is C14H2Cl4N2O4. The van der Waals surface area contributed by atoms with E-state index in [1.54, 1.807) is 0 Å². The molecular weight excluding hydrogens is 402 g/mol. The number of benzene rings is 2. The van der Waals surface area contributed by atoms with Crippen LogP contribution in [0.5, 0.6) is 0 Å². The Hall–Kier alpha value is -1.86. The zero-order valence-electron chi connectivity index (χ0n) is 11.1. The minimum atomic E-state index is -0.857. The molecule has 0 amide bonds. The van der Waals surface area contributed by atoms with E-state index in [1.165, 1.54) is 0 Å². The molecule has 4 aromatic heterocycles. The van der Waals surface area contributed by atoms with Crippen molar-refractivity contribution in [3.63, 3.8) is 0 Å². The monoisotopic (exact) mass is 402 g/mol. The van der Waals surface area contributed by atoms with Gasteiger partial charge in [0.15, 0.2) is 0 Å². The lowest BCUT2D eigenvalue weighted by Gasteiger charge is -2.08. The molecule has 0 aliphatic rings. The number of halogens is 4. The van der Waals surface area contributed by atoms with Crippen LogP contribution in [0.2, 0.25) is 20.1 Å². The average molecular weight is 404 g/mol. The van der Waals surface area contributed by atoms with Crippen LogP contribution in [0.4, 0.5) is 0 Å². The van der Waals surface area contributed by atoms with Crippen molar-refractivity contribution in [2.45, 2.75) is 0 Å². The highest BCUT2D eigenvalue weighted by molar-refractivity contribution is 6.54. The molecule has 0 unspecified atom stereocenters. The van der Waals surface area contributed by atoms with Gasteiger partial charge in [-0.25, -0.2) is 0 Å². The molecule has 6 aromatic rings. The van der Waals surface area contributed by atoms with Gasteiger partial charge in [0, 0.05) is 10.8 Å². The van der Waals surface area contributed by atoms with E-state index in [-0.39, 0.29) is 52.4 Å². The Labute approximate surface area is 150 Å². The summed E-state index contributed by atoms with van der Waals surface area (Å²) in [4.78, 5) is 53.5. The number of hydrogen-bond donors (Lipinski definition) is 2. The first-order valence-corrected chi connectivity index (χ1v) is 7.83. The van der Waals surface area contributed by atoms with Crippen molar-refractivity contribution in [2.24, 2.45) is 0 Å². The van der Waals surface area contributed by atoms with E-state index in [4.69, 9.17) is 46.4 Å². The Balaban J connectivity index is 2.79. The fourth-order valence-electron chi connectivity index (χ4n) is 2.94. The Kier molecular flexibility index (Phi) is 3.15. The molecule has 0 aliphatic carbocycles. The van der Waals surface area contributed by atoms with Gasteiger partial charge in [-0.05, 0) is 0 Å². The van der Waals surface area contributed by atoms with Crippen molar-refractivity contribution in [3.05, 3.63) is 61.5 Å². The minimum absolute atomic E-state index is 0.0319. The number of rotatable bonds is 0. The topological polar surface area (TPSA) is 99.9 Å². The zero-order valence-corrected chi connectivity index (χ0v) is 14.2. The van der Waals surface area contributed by atoms with Gasteiger partial charge >= 0.3 is 0 Å². The lowest BCUT2D eigenvalue weighted by molar-refractivity contribution is 1.23. The Morgan fingerprint density at radius 2 is 0.625 bits per heavy atom. The fourth-order valence-corrected chi connectivity index (χ4v) is 4.04. The molecule has 0 atom stereocenters. The number of hydrogen-bond acceptors (Lipinski definition) is 4. The summed E-state index contributed by atoms with van der Waals surface area (Å²) in [5, 5.41) is -1.78. The summed E-state index contributed by atoms with van der Waals surface area (Å²) in [7, 11) is 0. The minimum Gasteiger partial charge on any atom is -0.288 e. The Morgan fingerprint density at radius 1 is 0.417 bits per heavy atom. The highest BCUT2D eigenvalue weighted by Crippen LogP contribution is 2.44. The van der Waals surface area contributed by atoms with Gasteiger partial charge in [0.25, 0.3) is 22.2 Å². The van der Waals surface area contributed by atoms with E-state index in [0.717, 1.165) is 0 Å². The van der Waals surface area contributed by atoms with Crippen molar-refractivity contribution in [2.75, 3.05) is 0 Å². The first kappa shape index (κ1) is 15.7. The molecule has 0 radical (unpaired) electrons. The molecule has 0 aliphatic heterocycles. The number of fused-ring (bicyclic) bond motifs is 6. The molecule has 6 rings (SSSR count). The first-order valence-electron chi connectivity index (χ1n) is 6.32. The molecule has 4 bridgehead atoms. The molecule has 2 aromatic carbocycles. The number of H-pyrrole nitrogens is 2. The smallest absolute Gasteiger partial charge is 0.260 e. The van der Waals surface area contributed by atoms with Crippen molar-refractivity contribution < 1.29 is 0 Å². The van der Waals surface area contributed by atoms with Crippen molar-refractivity contribution >= 4 is 78.7 Å². The van der Waals surface area contributed by atoms with E-state index in [9.17, 15) is 19.2 Å². The fraction of sp³-hybridized carbons (Fsp3) is 0. The van der Waals surface area contributed by atoms with Gasteiger partial charge in [-0.2, -0.15) is 0 Å². The third-order valence-corrected chi connectivity index (χ3v) is 5.58. The maximum atomic E-state index is 12.3. The van der Waals surface area contributed by atoms with Crippen molar-refractivity contribution in [1.82, 2.24) is 9.97 Å². The summed E-state index contributed by atoms with van der Waals surface area (Å²) in [5.74, 6) is 0. The van der Waals surface area contributed by atoms with Crippen LogP contribution in [0.25, 0.3) is 32.3 Å². The van der Waals surface area contributed by atoms with Gasteiger partial charge in [0.05, 0.1) is 41.6 Å². The van der Waals surface area contributed by atoms with E-state index in [2.05, 4.69) is 9.97 Å². The standard InChI is InChI=1S/C14H2Cl4N2O4/c15-7-3-1-2(5(9(7)17)13(23)19-11(3)21)6-10(18)8(16)4(1)12(22)20-14(6)24/h(H,19,21,23)(H,20,22,24). The molecule has 6 nitrogen and oxygen atoms in total. The predicted octanol–water partition coefficient (Wildman–Crippen LogP) is 2.73. The third-order valence-electron chi connectivity index (χ3n) is 3.88. The number of nitrogens with one attached hydrogen (secondary N) is 2. The molecule has 120 valence electrons. The molecule has 0 saturated heterocycles. The Morgan fingerprint density at radius 3 is 0.833 bits per heavy atom.